The van der Waals surface area contributed by atoms with E-state index in [1.807, 2.05) is 0 Å². The third-order valence-electron chi connectivity index (χ3n) is 7.63. The van der Waals surface area contributed by atoms with Crippen LogP contribution in [-0.2, 0) is 27.5 Å². The lowest BCUT2D eigenvalue weighted by Gasteiger charge is -2.19. The molecule has 0 saturated carbocycles. The number of amides is 2. The van der Waals surface area contributed by atoms with Crippen molar-refractivity contribution in [2.24, 2.45) is 4.99 Å². The van der Waals surface area contributed by atoms with Crippen molar-refractivity contribution in [3.63, 3.8) is 0 Å². The molecule has 3 heterocycles. The molecule has 0 fully saturated rings. The number of carbonyl (C=O) groups excluding carboxylic acids is 2. The predicted molar refractivity (Wildman–Crippen MR) is 179 cm³/mol. The summed E-state index contributed by atoms with van der Waals surface area (Å²) in [5.74, 6) is -0.985. The van der Waals surface area contributed by atoms with Gasteiger partial charge in [0.05, 0.1) is 21.5 Å². The first-order valence-electron chi connectivity index (χ1n) is 14.8. The second-order valence-electron chi connectivity index (χ2n) is 10.9. The zero-order valence-electron chi connectivity index (χ0n) is 25.4. The number of fused-ring (bicyclic) bond motifs is 1. The van der Waals surface area contributed by atoms with Crippen LogP contribution < -0.4 is 19.3 Å². The first kappa shape index (κ1) is 35.4. The quantitative estimate of drug-likeness (QED) is 0.171. The number of carboxylic acids is 1. The number of ether oxygens (including phenoxy) is 1. The van der Waals surface area contributed by atoms with E-state index >= 15 is 0 Å². The Labute approximate surface area is 291 Å². The summed E-state index contributed by atoms with van der Waals surface area (Å²) in [6, 6.07) is 4.80. The smallest absolute Gasteiger partial charge is 0.325 e. The Kier molecular flexibility index (Phi) is 11.1. The van der Waals surface area contributed by atoms with Crippen LogP contribution in [0.4, 0.5) is 20.2 Å². The molecule has 2 amide bonds. The van der Waals surface area contributed by atoms with E-state index in [0.29, 0.717) is 46.8 Å². The number of thioether (sulfide) groups is 1. The van der Waals surface area contributed by atoms with Crippen LogP contribution in [0.25, 0.3) is 0 Å². The van der Waals surface area contributed by atoms with Gasteiger partial charge < -0.3 is 9.84 Å². The first-order valence-corrected chi connectivity index (χ1v) is 17.4. The molecule has 0 spiro atoms. The summed E-state index contributed by atoms with van der Waals surface area (Å²) in [6.07, 6.45) is 9.34. The van der Waals surface area contributed by atoms with Gasteiger partial charge in [0, 0.05) is 35.2 Å². The fraction of sp³-hybridized carbons (Fsp3) is 0.344. The molecule has 16 heteroatoms. The van der Waals surface area contributed by atoms with Crippen LogP contribution in [0.15, 0.2) is 50.1 Å². The summed E-state index contributed by atoms with van der Waals surface area (Å²) in [4.78, 5) is 53.6. The van der Waals surface area contributed by atoms with Gasteiger partial charge in [-0.3, -0.25) is 23.9 Å². The maximum atomic E-state index is 14.4. The number of aliphatic carboxylic acids is 1. The molecule has 1 atom stereocenters. The average molecular weight is 738 g/mol. The number of hydrogen-bond acceptors (Lipinski definition) is 8. The molecule has 1 aliphatic carbocycles. The topological polar surface area (TPSA) is 123 Å². The van der Waals surface area contributed by atoms with Crippen molar-refractivity contribution in [3.8, 4) is 18.1 Å². The Morgan fingerprint density at radius 1 is 1.02 bits per heavy atom. The minimum Gasteiger partial charge on any atom is -0.481 e. The molecular weight excluding hydrogens is 709 g/mol. The van der Waals surface area contributed by atoms with E-state index in [1.54, 1.807) is 16.3 Å². The number of hydrogen-bond donors (Lipinski definition) is 1. The van der Waals surface area contributed by atoms with E-state index in [9.17, 15) is 28.0 Å². The Balaban J connectivity index is 0.000000188. The number of terminal acetylenes is 1. The molecule has 0 saturated heterocycles. The Bertz CT molecular complexity index is 1990. The van der Waals surface area contributed by atoms with E-state index in [2.05, 4.69) is 10.9 Å². The SMILES string of the molecule is C#CC(C)Oc1cc(N2C(=O)C3=C(CCCC3)C2=O)c(F)cc1Cl.O=C(O)CSc1cc(N=c2sc(=O)n3n2CCCC3)c(F)cc1Cl. The maximum Gasteiger partial charge on any atom is 0.325 e. The number of halogens is 4. The molecule has 3 aromatic rings. The van der Waals surface area contributed by atoms with E-state index in [0.717, 1.165) is 65.8 Å². The van der Waals surface area contributed by atoms with E-state index < -0.39 is 35.5 Å². The van der Waals surface area contributed by atoms with E-state index in [-0.39, 0.29) is 37.8 Å². The Hall–Kier alpha value is -3.90. The van der Waals surface area contributed by atoms with Gasteiger partial charge in [-0.2, -0.15) is 0 Å². The summed E-state index contributed by atoms with van der Waals surface area (Å²) in [6.45, 7) is 2.92. The van der Waals surface area contributed by atoms with Crippen molar-refractivity contribution in [2.75, 3.05) is 10.7 Å². The molecule has 2 aliphatic heterocycles. The van der Waals surface area contributed by atoms with Crippen LogP contribution in [0.5, 0.6) is 5.75 Å². The lowest BCUT2D eigenvalue weighted by molar-refractivity contribution is -0.134. The second kappa shape index (κ2) is 15.1. The highest BCUT2D eigenvalue weighted by atomic mass is 35.5. The largest absolute Gasteiger partial charge is 0.481 e. The standard InChI is InChI=1S/C18H15ClFNO3.C14H13ClFN3O3S2/c1-3-10(2)24-16-9-15(14(20)8-13(16)19)21-17(22)11-6-4-5-7-12(11)18(21)23;15-8-5-9(16)10(6-11(8)23-7-12(20)21)17-13-18-3-1-2-4-19(18)14(22)24-13/h1,8-10H,4-7H2,2H3;5-6H,1-4,7H2,(H,20,21). The number of aromatic nitrogens is 2. The molecule has 252 valence electrons. The molecule has 1 unspecified atom stereocenters. The summed E-state index contributed by atoms with van der Waals surface area (Å²) in [5, 5.41) is 8.92. The number of nitrogens with zero attached hydrogens (tertiary/aromatic N) is 4. The summed E-state index contributed by atoms with van der Waals surface area (Å²) in [7, 11) is 0. The van der Waals surface area contributed by atoms with Gasteiger partial charge in [-0.15, -0.1) is 18.2 Å². The lowest BCUT2D eigenvalue weighted by atomic mass is 9.93. The third-order valence-corrected chi connectivity index (χ3v) is 10.3. The average Bonchev–Trinajstić information content (AvgIpc) is 3.51. The molecule has 0 radical (unpaired) electrons. The Morgan fingerprint density at radius 2 is 1.65 bits per heavy atom. The fourth-order valence-electron chi connectivity index (χ4n) is 5.34. The van der Waals surface area contributed by atoms with Gasteiger partial charge in [-0.05, 0) is 75.0 Å². The van der Waals surface area contributed by atoms with Gasteiger partial charge in [0.2, 0.25) is 4.80 Å². The highest BCUT2D eigenvalue weighted by Gasteiger charge is 2.41. The molecule has 48 heavy (non-hydrogen) atoms. The lowest BCUT2D eigenvalue weighted by Crippen LogP contribution is -2.32. The number of carbonyl (C=O) groups is 3. The monoisotopic (exact) mass is 736 g/mol. The number of benzene rings is 2. The minimum atomic E-state index is -0.992. The van der Waals surface area contributed by atoms with Crippen LogP contribution in [0.1, 0.15) is 45.4 Å². The van der Waals surface area contributed by atoms with Crippen LogP contribution in [0, 0.1) is 24.0 Å². The molecule has 0 bridgehead atoms. The normalized spacial score (nSPS) is 16.6. The zero-order chi connectivity index (χ0) is 34.7. The number of imide groups is 1. The van der Waals surface area contributed by atoms with Gasteiger partial charge in [0.25, 0.3) is 11.8 Å². The molecule has 2 aromatic carbocycles. The summed E-state index contributed by atoms with van der Waals surface area (Å²) >= 11 is 13.9. The van der Waals surface area contributed by atoms with E-state index in [4.69, 9.17) is 39.5 Å². The predicted octanol–water partition coefficient (Wildman–Crippen LogP) is 6.33. The van der Waals surface area contributed by atoms with Gasteiger partial charge >= 0.3 is 10.8 Å². The van der Waals surface area contributed by atoms with Crippen LogP contribution in [0.2, 0.25) is 10.0 Å². The Morgan fingerprint density at radius 3 is 2.27 bits per heavy atom. The molecule has 1 N–H and O–H groups in total. The van der Waals surface area contributed by atoms with Crippen molar-refractivity contribution >= 4 is 75.5 Å². The van der Waals surface area contributed by atoms with Crippen molar-refractivity contribution in [1.29, 1.82) is 0 Å². The number of carboxylic acid groups (broad SMARTS) is 1. The van der Waals surface area contributed by atoms with Gasteiger partial charge in [0.15, 0.2) is 6.10 Å². The second-order valence-corrected chi connectivity index (χ2v) is 13.7. The molecule has 1 aromatic heterocycles. The zero-order valence-corrected chi connectivity index (χ0v) is 28.6. The number of anilines is 1. The molecular formula is C32H28Cl2F2N4O6S2. The first-order chi connectivity index (χ1) is 22.9. The van der Waals surface area contributed by atoms with Crippen LogP contribution in [-0.4, -0.2) is 44.1 Å². The van der Waals surface area contributed by atoms with Gasteiger partial charge in [-0.1, -0.05) is 29.1 Å². The summed E-state index contributed by atoms with van der Waals surface area (Å²) in [5.41, 5.74) is 0.846. The van der Waals surface area contributed by atoms with Gasteiger partial charge in [-0.25, -0.2) is 23.4 Å². The summed E-state index contributed by atoms with van der Waals surface area (Å²) < 4.78 is 37.4. The minimum absolute atomic E-state index is 0.0233. The molecule has 10 nitrogen and oxygen atoms in total. The van der Waals surface area contributed by atoms with Crippen molar-refractivity contribution in [2.45, 2.75) is 69.5 Å². The molecule has 3 aliphatic rings. The highest BCUT2D eigenvalue weighted by molar-refractivity contribution is 8.00. The maximum absolute atomic E-state index is 14.4. The fourth-order valence-corrected chi connectivity index (χ4v) is 7.41. The van der Waals surface area contributed by atoms with Crippen molar-refractivity contribution < 1.29 is 33.0 Å². The molecule has 6 rings (SSSR count). The number of rotatable bonds is 7. The van der Waals surface area contributed by atoms with Crippen molar-refractivity contribution in [3.05, 3.63) is 71.6 Å². The third kappa shape index (κ3) is 7.54. The van der Waals surface area contributed by atoms with Gasteiger partial charge in [0.1, 0.15) is 23.1 Å². The van der Waals surface area contributed by atoms with E-state index in [1.165, 1.54) is 12.1 Å². The van der Waals surface area contributed by atoms with Crippen molar-refractivity contribution in [1.82, 2.24) is 9.36 Å². The van der Waals surface area contributed by atoms with Crippen LogP contribution in [0.3, 0.4) is 0 Å². The highest BCUT2D eigenvalue weighted by Crippen LogP contribution is 2.40. The van der Waals surface area contributed by atoms with Crippen LogP contribution >= 0.6 is 46.3 Å².